The molecule has 8 nitrogen and oxygen atoms in total. The first-order valence-corrected chi connectivity index (χ1v) is 20.1. The lowest BCUT2D eigenvalue weighted by atomic mass is 10.1. The van der Waals surface area contributed by atoms with Crippen LogP contribution in [0.1, 0.15) is 175 Å². The molecule has 9 heteroatoms. The second kappa shape index (κ2) is 33.4. The molecule has 2 unspecified atom stereocenters. The zero-order valence-corrected chi connectivity index (χ0v) is 30.6. The molecule has 0 aromatic heterocycles. The molecule has 0 aromatic carbocycles. The van der Waals surface area contributed by atoms with E-state index >= 15 is 0 Å². The van der Waals surface area contributed by atoms with Crippen molar-refractivity contribution in [3.05, 3.63) is 24.3 Å². The Labute approximate surface area is 282 Å². The summed E-state index contributed by atoms with van der Waals surface area (Å²) in [6.45, 7) is 5.41. The molecule has 1 N–H and O–H groups in total. The van der Waals surface area contributed by atoms with E-state index in [1.165, 1.54) is 77.0 Å². The number of carbonyl (C=O) groups excluding carboxylic acids is 2. The van der Waals surface area contributed by atoms with Crippen molar-refractivity contribution in [3.63, 3.8) is 0 Å². The van der Waals surface area contributed by atoms with Gasteiger partial charge in [-0.2, -0.15) is 0 Å². The summed E-state index contributed by atoms with van der Waals surface area (Å²) in [7, 11) is -4.27. The number of phosphoric acid groups is 1. The molecule has 0 bridgehead atoms. The minimum Gasteiger partial charge on any atom is -0.462 e. The van der Waals surface area contributed by atoms with Gasteiger partial charge in [-0.3, -0.25) is 18.6 Å². The van der Waals surface area contributed by atoms with E-state index in [1.54, 1.807) is 6.92 Å². The number of hydrogen-bond acceptors (Lipinski definition) is 7. The molecule has 0 aliphatic heterocycles. The van der Waals surface area contributed by atoms with Crippen LogP contribution in [0.3, 0.4) is 0 Å². The SMILES string of the molecule is CCCCCC/C=C\C/C=C\CCCCCCCC(=O)OC(COC(=O)CCCCCCCCCCCC)COP(=O)(O)OCC. The molecule has 0 fully saturated rings. The Morgan fingerprint density at radius 3 is 1.57 bits per heavy atom. The molecule has 0 amide bonds. The van der Waals surface area contributed by atoms with Crippen LogP contribution in [-0.4, -0.2) is 42.8 Å². The van der Waals surface area contributed by atoms with Gasteiger partial charge in [0.2, 0.25) is 0 Å². The third kappa shape index (κ3) is 32.5. The molecule has 46 heavy (non-hydrogen) atoms. The van der Waals surface area contributed by atoms with E-state index < -0.39 is 26.5 Å². The summed E-state index contributed by atoms with van der Waals surface area (Å²) in [5.41, 5.74) is 0. The number of allylic oxidation sites excluding steroid dienone is 4. The molecule has 0 aromatic rings. The molecule has 0 aliphatic carbocycles. The number of esters is 2. The average molecular weight is 673 g/mol. The molecule has 0 heterocycles. The summed E-state index contributed by atoms with van der Waals surface area (Å²) in [6.07, 6.45) is 33.7. The minimum absolute atomic E-state index is 0.00103. The van der Waals surface area contributed by atoms with Crippen LogP contribution in [0.5, 0.6) is 0 Å². The van der Waals surface area contributed by atoms with Crippen molar-refractivity contribution < 1.29 is 37.6 Å². The van der Waals surface area contributed by atoms with Crippen LogP contribution in [0.15, 0.2) is 24.3 Å². The van der Waals surface area contributed by atoms with Crippen molar-refractivity contribution in [3.8, 4) is 0 Å². The van der Waals surface area contributed by atoms with Gasteiger partial charge in [-0.25, -0.2) is 4.57 Å². The zero-order chi connectivity index (χ0) is 34.0. The first-order chi connectivity index (χ1) is 22.3. The molecule has 0 rings (SSSR count). The van der Waals surface area contributed by atoms with Crippen LogP contribution in [0.4, 0.5) is 0 Å². The van der Waals surface area contributed by atoms with Crippen molar-refractivity contribution >= 4 is 19.8 Å². The molecule has 0 saturated carbocycles. The molecular weight excluding hydrogens is 603 g/mol. The fourth-order valence-electron chi connectivity index (χ4n) is 5.01. The normalized spacial score (nSPS) is 13.7. The van der Waals surface area contributed by atoms with E-state index in [4.69, 9.17) is 18.5 Å². The topological polar surface area (TPSA) is 108 Å². The van der Waals surface area contributed by atoms with E-state index in [0.717, 1.165) is 57.8 Å². The third-order valence-corrected chi connectivity index (χ3v) is 8.82. The summed E-state index contributed by atoms with van der Waals surface area (Å²) in [4.78, 5) is 34.5. The standard InChI is InChI=1S/C37H69O8P/c1-4-7-9-11-13-15-17-18-19-20-21-22-24-26-28-30-32-37(39)45-35(34-44-46(40,41)43-6-3)33-42-36(38)31-29-27-25-23-16-14-12-10-8-5-2/h15,17,19-20,35H,4-14,16,18,21-34H2,1-3H3,(H,40,41)/b17-15-,20-19-. The minimum atomic E-state index is -4.27. The molecule has 0 spiro atoms. The van der Waals surface area contributed by atoms with E-state index in [0.29, 0.717) is 12.8 Å². The van der Waals surface area contributed by atoms with E-state index in [9.17, 15) is 19.0 Å². The molecule has 0 radical (unpaired) electrons. The Bertz CT molecular complexity index is 813. The maximum atomic E-state index is 12.5. The van der Waals surface area contributed by atoms with Gasteiger partial charge in [-0.05, 0) is 51.9 Å². The number of hydrogen-bond donors (Lipinski definition) is 1. The highest BCUT2D eigenvalue weighted by Crippen LogP contribution is 2.43. The second-order valence-corrected chi connectivity index (χ2v) is 13.7. The van der Waals surface area contributed by atoms with Gasteiger partial charge in [0.1, 0.15) is 6.61 Å². The van der Waals surface area contributed by atoms with Crippen LogP contribution in [0.2, 0.25) is 0 Å². The van der Waals surface area contributed by atoms with Gasteiger partial charge in [0.05, 0.1) is 13.2 Å². The summed E-state index contributed by atoms with van der Waals surface area (Å²) >= 11 is 0. The van der Waals surface area contributed by atoms with Crippen LogP contribution in [0, 0.1) is 0 Å². The van der Waals surface area contributed by atoms with Crippen molar-refractivity contribution in [2.75, 3.05) is 19.8 Å². The summed E-state index contributed by atoms with van der Waals surface area (Å²) in [6, 6.07) is 0. The lowest BCUT2D eigenvalue weighted by molar-refractivity contribution is -0.161. The Morgan fingerprint density at radius 1 is 0.587 bits per heavy atom. The fourth-order valence-corrected chi connectivity index (χ4v) is 5.77. The van der Waals surface area contributed by atoms with E-state index in [2.05, 4.69) is 38.2 Å². The molecular formula is C37H69O8P. The Balaban J connectivity index is 4.18. The number of phosphoric ester groups is 1. The van der Waals surface area contributed by atoms with Gasteiger partial charge >= 0.3 is 19.8 Å². The molecule has 0 saturated heterocycles. The highest BCUT2D eigenvalue weighted by Gasteiger charge is 2.25. The number of rotatable bonds is 34. The first kappa shape index (κ1) is 44.5. The van der Waals surface area contributed by atoms with Gasteiger partial charge in [-0.1, -0.05) is 134 Å². The lowest BCUT2D eigenvalue weighted by Gasteiger charge is -2.19. The second-order valence-electron chi connectivity index (χ2n) is 12.2. The fraction of sp³-hybridized carbons (Fsp3) is 0.838. The third-order valence-electron chi connectivity index (χ3n) is 7.76. The van der Waals surface area contributed by atoms with Crippen LogP contribution < -0.4 is 0 Å². The van der Waals surface area contributed by atoms with Gasteiger partial charge < -0.3 is 14.4 Å². The van der Waals surface area contributed by atoms with Crippen molar-refractivity contribution in [1.29, 1.82) is 0 Å². The Kier molecular flexibility index (Phi) is 32.4. The summed E-state index contributed by atoms with van der Waals surface area (Å²) < 4.78 is 32.4. The van der Waals surface area contributed by atoms with Crippen molar-refractivity contribution in [1.82, 2.24) is 0 Å². The average Bonchev–Trinajstić information content (AvgIpc) is 3.03. The van der Waals surface area contributed by atoms with Gasteiger partial charge in [-0.15, -0.1) is 0 Å². The van der Waals surface area contributed by atoms with Crippen LogP contribution in [-0.2, 0) is 32.7 Å². The van der Waals surface area contributed by atoms with Crippen molar-refractivity contribution in [2.24, 2.45) is 0 Å². The smallest absolute Gasteiger partial charge is 0.462 e. The van der Waals surface area contributed by atoms with E-state index in [-0.39, 0.29) is 25.6 Å². The number of unbranched alkanes of at least 4 members (excludes halogenated alkanes) is 18. The van der Waals surface area contributed by atoms with E-state index in [1.807, 2.05) is 0 Å². The van der Waals surface area contributed by atoms with Crippen LogP contribution >= 0.6 is 7.82 Å². The molecule has 0 aliphatic rings. The maximum absolute atomic E-state index is 12.5. The Hall–Kier alpha value is -1.47. The monoisotopic (exact) mass is 672 g/mol. The van der Waals surface area contributed by atoms with Crippen molar-refractivity contribution in [2.45, 2.75) is 181 Å². The summed E-state index contributed by atoms with van der Waals surface area (Å²) in [5.74, 6) is -0.813. The predicted octanol–water partition coefficient (Wildman–Crippen LogP) is 11.1. The predicted molar refractivity (Wildman–Crippen MR) is 189 cm³/mol. The maximum Gasteiger partial charge on any atom is 0.472 e. The largest absolute Gasteiger partial charge is 0.472 e. The van der Waals surface area contributed by atoms with Gasteiger partial charge in [0, 0.05) is 12.8 Å². The number of ether oxygens (including phenoxy) is 2. The van der Waals surface area contributed by atoms with Gasteiger partial charge in [0.25, 0.3) is 0 Å². The highest BCUT2D eigenvalue weighted by molar-refractivity contribution is 7.47. The van der Waals surface area contributed by atoms with Gasteiger partial charge in [0.15, 0.2) is 6.10 Å². The highest BCUT2D eigenvalue weighted by atomic mass is 31.2. The quantitative estimate of drug-likeness (QED) is 0.0311. The summed E-state index contributed by atoms with van der Waals surface area (Å²) in [5, 5.41) is 0. The first-order valence-electron chi connectivity index (χ1n) is 18.6. The molecule has 2 atom stereocenters. The number of carbonyl (C=O) groups is 2. The lowest BCUT2D eigenvalue weighted by Crippen LogP contribution is -2.29. The Morgan fingerprint density at radius 2 is 1.04 bits per heavy atom. The molecule has 270 valence electrons. The zero-order valence-electron chi connectivity index (χ0n) is 29.7. The van der Waals surface area contributed by atoms with Crippen LogP contribution in [0.25, 0.3) is 0 Å².